The molecule has 4 rings (SSSR count). The molecule has 3 aromatic rings. The van der Waals surface area contributed by atoms with Gasteiger partial charge >= 0.3 is 0 Å². The van der Waals surface area contributed by atoms with E-state index in [1.54, 1.807) is 29.2 Å². The van der Waals surface area contributed by atoms with Crippen LogP contribution in [0.15, 0.2) is 77.7 Å². The lowest BCUT2D eigenvalue weighted by atomic mass is 10.1. The number of thioether (sulfide) groups is 1. The summed E-state index contributed by atoms with van der Waals surface area (Å²) in [5.74, 6) is 0.498. The molecule has 0 N–H and O–H groups in total. The third kappa shape index (κ3) is 5.49. The molecule has 0 bridgehead atoms. The van der Waals surface area contributed by atoms with Crippen molar-refractivity contribution in [1.82, 2.24) is 4.90 Å². The van der Waals surface area contributed by atoms with Crippen molar-refractivity contribution in [2.24, 2.45) is 0 Å². The van der Waals surface area contributed by atoms with Gasteiger partial charge in [-0.2, -0.15) is 0 Å². The summed E-state index contributed by atoms with van der Waals surface area (Å²) < 4.78 is 6.53. The molecule has 7 heteroatoms. The highest BCUT2D eigenvalue weighted by molar-refractivity contribution is 8.26. The average molecular weight is 486 g/mol. The van der Waals surface area contributed by atoms with Gasteiger partial charge in [-0.1, -0.05) is 89.6 Å². The maximum absolute atomic E-state index is 13.0. The van der Waals surface area contributed by atoms with Crippen molar-refractivity contribution >= 4 is 63.5 Å². The number of hydrogen-bond acceptors (Lipinski definition) is 4. The Hall–Kier alpha value is -2.31. The molecule has 31 heavy (non-hydrogen) atoms. The number of benzene rings is 3. The van der Waals surface area contributed by atoms with Gasteiger partial charge in [0.1, 0.15) is 16.7 Å². The topological polar surface area (TPSA) is 29.5 Å². The Morgan fingerprint density at radius 3 is 2.45 bits per heavy atom. The van der Waals surface area contributed by atoms with E-state index in [0.717, 1.165) is 16.7 Å². The summed E-state index contributed by atoms with van der Waals surface area (Å²) in [5.41, 5.74) is 2.69. The Kier molecular flexibility index (Phi) is 6.98. The van der Waals surface area contributed by atoms with E-state index in [2.05, 4.69) is 0 Å². The summed E-state index contributed by atoms with van der Waals surface area (Å²) in [6.07, 6.45) is 1.78. The molecule has 156 valence electrons. The van der Waals surface area contributed by atoms with Crippen LogP contribution in [0.5, 0.6) is 5.75 Å². The number of rotatable bonds is 6. The van der Waals surface area contributed by atoms with Gasteiger partial charge in [0.15, 0.2) is 0 Å². The van der Waals surface area contributed by atoms with Crippen molar-refractivity contribution < 1.29 is 9.53 Å². The molecule has 0 radical (unpaired) electrons. The molecule has 0 aliphatic carbocycles. The van der Waals surface area contributed by atoms with Crippen LogP contribution < -0.4 is 4.74 Å². The Labute approximate surface area is 200 Å². The van der Waals surface area contributed by atoms with Crippen LogP contribution in [0.4, 0.5) is 0 Å². The van der Waals surface area contributed by atoms with Crippen LogP contribution in [0.3, 0.4) is 0 Å². The summed E-state index contributed by atoms with van der Waals surface area (Å²) in [4.78, 5) is 15.1. The third-order valence-corrected chi connectivity index (χ3v) is 6.45. The van der Waals surface area contributed by atoms with Crippen molar-refractivity contribution in [3.63, 3.8) is 0 Å². The monoisotopic (exact) mass is 485 g/mol. The minimum Gasteiger partial charge on any atom is -0.488 e. The van der Waals surface area contributed by atoms with Gasteiger partial charge in [0.05, 0.1) is 11.4 Å². The van der Waals surface area contributed by atoms with Crippen molar-refractivity contribution in [3.05, 3.63) is 104 Å². The molecule has 1 aliphatic heterocycles. The van der Waals surface area contributed by atoms with Crippen LogP contribution in [0, 0.1) is 0 Å². The van der Waals surface area contributed by atoms with Gasteiger partial charge in [0.2, 0.25) is 0 Å². The van der Waals surface area contributed by atoms with Crippen molar-refractivity contribution in [3.8, 4) is 5.75 Å². The molecule has 1 fully saturated rings. The lowest BCUT2D eigenvalue weighted by Gasteiger charge is -2.14. The smallest absolute Gasteiger partial charge is 0.266 e. The predicted molar refractivity (Wildman–Crippen MR) is 132 cm³/mol. The van der Waals surface area contributed by atoms with E-state index in [0.29, 0.717) is 38.2 Å². The summed E-state index contributed by atoms with van der Waals surface area (Å²) in [6.45, 7) is 0.786. The first-order chi connectivity index (χ1) is 15.0. The lowest BCUT2D eigenvalue weighted by Crippen LogP contribution is -2.27. The Morgan fingerprint density at radius 2 is 1.68 bits per heavy atom. The van der Waals surface area contributed by atoms with Crippen molar-refractivity contribution in [1.29, 1.82) is 0 Å². The number of amides is 1. The minimum absolute atomic E-state index is 0.125. The number of nitrogens with zero attached hydrogens (tertiary/aromatic N) is 1. The van der Waals surface area contributed by atoms with Crippen LogP contribution in [0.2, 0.25) is 10.0 Å². The molecule has 1 aliphatic rings. The lowest BCUT2D eigenvalue weighted by molar-refractivity contribution is -0.122. The Bertz CT molecular complexity index is 1170. The molecular formula is C24H17Cl2NO2S2. The highest BCUT2D eigenvalue weighted by Crippen LogP contribution is 2.36. The van der Waals surface area contributed by atoms with Crippen LogP contribution in [0.25, 0.3) is 6.08 Å². The molecule has 1 saturated heterocycles. The second-order valence-electron chi connectivity index (χ2n) is 6.85. The second-order valence-corrected chi connectivity index (χ2v) is 9.40. The molecule has 0 atom stereocenters. The molecule has 0 aromatic heterocycles. The van der Waals surface area contributed by atoms with Gasteiger partial charge < -0.3 is 4.74 Å². The molecule has 1 amide bonds. The van der Waals surface area contributed by atoms with Gasteiger partial charge in [0, 0.05) is 15.6 Å². The summed E-state index contributed by atoms with van der Waals surface area (Å²) in [5, 5.41) is 1.21. The van der Waals surface area contributed by atoms with Gasteiger partial charge in [-0.05, 0) is 47.5 Å². The molecule has 0 saturated carbocycles. The van der Waals surface area contributed by atoms with E-state index >= 15 is 0 Å². The molecule has 3 aromatic carbocycles. The van der Waals surface area contributed by atoms with Gasteiger partial charge in [-0.15, -0.1) is 0 Å². The van der Waals surface area contributed by atoms with Crippen molar-refractivity contribution in [2.45, 2.75) is 13.2 Å². The second kappa shape index (κ2) is 9.88. The van der Waals surface area contributed by atoms with E-state index in [4.69, 9.17) is 40.2 Å². The first-order valence-electron chi connectivity index (χ1n) is 9.46. The standard InChI is InChI=1S/C24H17Cl2NO2S2/c25-19-8-4-7-17(11-19)15-29-21-10-9-20(26)12-18(21)13-22-23(28)27(24(30)31-22)14-16-5-2-1-3-6-16/h1-13H,14-15H2/b22-13-. The fraction of sp³-hybridized carbons (Fsp3) is 0.0833. The summed E-state index contributed by atoms with van der Waals surface area (Å²) in [6, 6.07) is 22.6. The van der Waals surface area contributed by atoms with Crippen molar-refractivity contribution in [2.75, 3.05) is 0 Å². The van der Waals surface area contributed by atoms with Gasteiger partial charge in [-0.3, -0.25) is 9.69 Å². The quantitative estimate of drug-likeness (QED) is 0.278. The first-order valence-corrected chi connectivity index (χ1v) is 11.4. The highest BCUT2D eigenvalue weighted by Gasteiger charge is 2.32. The largest absolute Gasteiger partial charge is 0.488 e. The van der Waals surface area contributed by atoms with Crippen LogP contribution in [-0.4, -0.2) is 15.1 Å². The molecular weight excluding hydrogens is 469 g/mol. The molecule has 1 heterocycles. The van der Waals surface area contributed by atoms with E-state index < -0.39 is 0 Å². The number of carbonyl (C=O) groups is 1. The predicted octanol–water partition coefficient (Wildman–Crippen LogP) is 6.97. The number of thiocarbonyl (C=S) groups is 1. The minimum atomic E-state index is -0.125. The first kappa shape index (κ1) is 21.9. The normalized spacial score (nSPS) is 15.0. The highest BCUT2D eigenvalue weighted by atomic mass is 35.5. The number of carbonyl (C=O) groups excluding carboxylic acids is 1. The third-order valence-electron chi connectivity index (χ3n) is 4.60. The number of halogens is 2. The van der Waals surface area contributed by atoms with Gasteiger partial charge in [-0.25, -0.2) is 0 Å². The maximum Gasteiger partial charge on any atom is 0.266 e. The fourth-order valence-electron chi connectivity index (χ4n) is 3.09. The van der Waals surface area contributed by atoms with E-state index in [1.807, 2.05) is 54.6 Å². The number of ether oxygens (including phenoxy) is 1. The van der Waals surface area contributed by atoms with E-state index in [1.165, 1.54) is 11.8 Å². The Balaban J connectivity index is 1.55. The molecule has 0 unspecified atom stereocenters. The zero-order valence-corrected chi connectivity index (χ0v) is 19.4. The zero-order valence-electron chi connectivity index (χ0n) is 16.3. The number of hydrogen-bond donors (Lipinski definition) is 0. The summed E-state index contributed by atoms with van der Waals surface area (Å²) in [7, 11) is 0. The van der Waals surface area contributed by atoms with Crippen LogP contribution >= 0.6 is 47.2 Å². The summed E-state index contributed by atoms with van der Waals surface area (Å²) >= 11 is 19.0. The SMILES string of the molecule is O=C1/C(=C/c2cc(Cl)ccc2OCc2cccc(Cl)c2)SC(=S)N1Cc1ccccc1. The average Bonchev–Trinajstić information content (AvgIpc) is 3.01. The van der Waals surface area contributed by atoms with Gasteiger partial charge in [0.25, 0.3) is 5.91 Å². The maximum atomic E-state index is 13.0. The van der Waals surface area contributed by atoms with E-state index in [-0.39, 0.29) is 5.91 Å². The van der Waals surface area contributed by atoms with Crippen LogP contribution in [-0.2, 0) is 17.9 Å². The zero-order chi connectivity index (χ0) is 21.8. The van der Waals surface area contributed by atoms with E-state index in [9.17, 15) is 4.79 Å². The molecule has 0 spiro atoms. The molecule has 3 nitrogen and oxygen atoms in total. The van der Waals surface area contributed by atoms with Crippen LogP contribution in [0.1, 0.15) is 16.7 Å². The fourth-order valence-corrected chi connectivity index (χ4v) is 4.73. The Morgan fingerprint density at radius 1 is 0.935 bits per heavy atom.